The molecule has 0 bridgehead atoms. The minimum atomic E-state index is -4.56. The molecule has 11 heteroatoms. The molecule has 1 aromatic carbocycles. The number of nitrogens with zero attached hydrogens (tertiary/aromatic N) is 5. The van der Waals surface area contributed by atoms with Gasteiger partial charge < -0.3 is 9.84 Å². The van der Waals surface area contributed by atoms with Crippen LogP contribution in [0.3, 0.4) is 0 Å². The quantitative estimate of drug-likeness (QED) is 0.389. The first-order valence-electron chi connectivity index (χ1n) is 11.6. The fraction of sp³-hybridized carbons (Fsp3) is 0.400. The maximum Gasteiger partial charge on any atom is 0.408 e. The zero-order chi connectivity index (χ0) is 25.8. The van der Waals surface area contributed by atoms with Crippen molar-refractivity contribution < 1.29 is 27.4 Å². The summed E-state index contributed by atoms with van der Waals surface area (Å²) in [6.07, 6.45) is -3.17. The fourth-order valence-electron chi connectivity index (χ4n) is 4.69. The Hall–Kier alpha value is -3.31. The molecule has 7 nitrogen and oxygen atoms in total. The Bertz CT molecular complexity index is 1430. The smallest absolute Gasteiger partial charge is 0.408 e. The summed E-state index contributed by atoms with van der Waals surface area (Å²) >= 11 is 0. The van der Waals surface area contributed by atoms with Gasteiger partial charge in [-0.25, -0.2) is 9.37 Å². The van der Waals surface area contributed by atoms with Crippen LogP contribution in [0.15, 0.2) is 42.6 Å². The van der Waals surface area contributed by atoms with Crippen molar-refractivity contribution in [3.05, 3.63) is 54.0 Å². The molecular weight excluding hydrogens is 478 g/mol. The van der Waals surface area contributed by atoms with E-state index in [-0.39, 0.29) is 42.8 Å². The second-order valence-electron chi connectivity index (χ2n) is 9.71. The summed E-state index contributed by atoms with van der Waals surface area (Å²) in [5.41, 5.74) is -0.0780. The lowest BCUT2D eigenvalue weighted by atomic mass is 10.1. The third-order valence-electron chi connectivity index (χ3n) is 6.21. The number of halogens is 4. The first-order valence-corrected chi connectivity index (χ1v) is 11.6. The Morgan fingerprint density at radius 3 is 2.56 bits per heavy atom. The molecule has 0 aliphatic carbocycles. The number of fused-ring (bicyclic) bond motifs is 2. The van der Waals surface area contributed by atoms with E-state index in [2.05, 4.69) is 15.2 Å². The Kier molecular flexibility index (Phi) is 5.87. The molecule has 1 fully saturated rings. The van der Waals surface area contributed by atoms with Crippen molar-refractivity contribution in [1.82, 2.24) is 24.5 Å². The molecule has 1 aliphatic rings. The van der Waals surface area contributed by atoms with Crippen molar-refractivity contribution in [1.29, 1.82) is 0 Å². The van der Waals surface area contributed by atoms with Gasteiger partial charge in [-0.05, 0) is 51.0 Å². The highest BCUT2D eigenvalue weighted by molar-refractivity contribution is 5.86. The van der Waals surface area contributed by atoms with E-state index in [1.165, 1.54) is 46.7 Å². The number of alkyl halides is 3. The van der Waals surface area contributed by atoms with Crippen LogP contribution in [0.1, 0.15) is 38.8 Å². The van der Waals surface area contributed by atoms with Gasteiger partial charge in [0, 0.05) is 30.7 Å². The average molecular weight is 504 g/mol. The largest absolute Gasteiger partial charge is 0.489 e. The number of ether oxygens (including phenoxy) is 1. The van der Waals surface area contributed by atoms with E-state index in [1.807, 2.05) is 13.8 Å². The third-order valence-corrected chi connectivity index (χ3v) is 6.21. The van der Waals surface area contributed by atoms with Gasteiger partial charge in [0.25, 0.3) is 0 Å². The molecule has 0 amide bonds. The van der Waals surface area contributed by atoms with E-state index in [9.17, 15) is 22.7 Å². The van der Waals surface area contributed by atoms with Gasteiger partial charge in [-0.3, -0.25) is 9.30 Å². The summed E-state index contributed by atoms with van der Waals surface area (Å²) in [5, 5.41) is 19.0. The monoisotopic (exact) mass is 503 g/mol. The first kappa shape index (κ1) is 24.4. The number of β-amino-alcohol motifs (C(OH)–C–C–N with tert-alkyl or cyclic N) is 1. The second kappa shape index (κ2) is 8.67. The number of rotatable bonds is 5. The SMILES string of the molecule is CC(C)Oc1cc(F)cc2ccc(-c3nnc4ccc(C(N5CCC(C)(O)C5)C(F)(F)F)cn34)nc12. The molecule has 36 heavy (non-hydrogen) atoms. The van der Waals surface area contributed by atoms with Crippen LogP contribution in [-0.4, -0.2) is 60.6 Å². The van der Waals surface area contributed by atoms with Crippen LogP contribution < -0.4 is 4.74 Å². The fourth-order valence-corrected chi connectivity index (χ4v) is 4.69. The summed E-state index contributed by atoms with van der Waals surface area (Å²) in [6.45, 7) is 5.18. The molecule has 0 spiro atoms. The summed E-state index contributed by atoms with van der Waals surface area (Å²) in [5.74, 6) is 0.0295. The van der Waals surface area contributed by atoms with Crippen LogP contribution in [-0.2, 0) is 0 Å². The Balaban J connectivity index is 1.61. The molecule has 1 saturated heterocycles. The Morgan fingerprint density at radius 1 is 1.11 bits per heavy atom. The van der Waals surface area contributed by atoms with Gasteiger partial charge in [0.2, 0.25) is 0 Å². The lowest BCUT2D eigenvalue weighted by Gasteiger charge is -2.30. The molecule has 0 saturated carbocycles. The highest BCUT2D eigenvalue weighted by atomic mass is 19.4. The number of pyridine rings is 2. The molecule has 1 aliphatic heterocycles. The molecule has 3 aromatic heterocycles. The lowest BCUT2D eigenvalue weighted by molar-refractivity contribution is -0.185. The summed E-state index contributed by atoms with van der Waals surface area (Å²) in [7, 11) is 0. The maximum atomic E-state index is 14.2. The van der Waals surface area contributed by atoms with Crippen molar-refractivity contribution in [2.75, 3.05) is 13.1 Å². The molecule has 0 radical (unpaired) electrons. The third kappa shape index (κ3) is 4.60. The lowest BCUT2D eigenvalue weighted by Crippen LogP contribution is -2.39. The predicted molar refractivity (Wildman–Crippen MR) is 125 cm³/mol. The number of benzene rings is 1. The second-order valence-corrected chi connectivity index (χ2v) is 9.71. The number of aliphatic hydroxyl groups is 1. The van der Waals surface area contributed by atoms with E-state index in [0.29, 0.717) is 22.2 Å². The van der Waals surface area contributed by atoms with Crippen LogP contribution >= 0.6 is 0 Å². The summed E-state index contributed by atoms with van der Waals surface area (Å²) in [4.78, 5) is 5.84. The molecule has 2 atom stereocenters. The van der Waals surface area contributed by atoms with Gasteiger partial charge >= 0.3 is 6.18 Å². The van der Waals surface area contributed by atoms with Gasteiger partial charge in [-0.2, -0.15) is 13.2 Å². The van der Waals surface area contributed by atoms with Gasteiger partial charge in [0.15, 0.2) is 11.5 Å². The average Bonchev–Trinajstić information content (AvgIpc) is 3.34. The minimum Gasteiger partial charge on any atom is -0.489 e. The van der Waals surface area contributed by atoms with Crippen molar-refractivity contribution in [2.45, 2.75) is 51.1 Å². The highest BCUT2D eigenvalue weighted by Gasteiger charge is 2.48. The zero-order valence-electron chi connectivity index (χ0n) is 19.9. The van der Waals surface area contributed by atoms with Crippen LogP contribution in [0.25, 0.3) is 28.1 Å². The molecule has 5 rings (SSSR count). The van der Waals surface area contributed by atoms with Crippen LogP contribution in [0.4, 0.5) is 17.6 Å². The summed E-state index contributed by atoms with van der Waals surface area (Å²) in [6, 6.07) is 6.81. The van der Waals surface area contributed by atoms with Gasteiger partial charge in [-0.1, -0.05) is 12.1 Å². The standard InChI is InChI=1S/C25H25F4N5O2/c1-14(2)36-19-11-17(26)10-15-4-6-18(30-21(15)19)23-32-31-20-7-5-16(12-34(20)23)22(25(27,28)29)33-9-8-24(3,35)13-33/h4-7,10-12,14,22,35H,8-9,13H2,1-3H3. The van der Waals surface area contributed by atoms with E-state index < -0.39 is 23.6 Å². The Labute approximate surface area is 204 Å². The molecule has 4 aromatic rings. The highest BCUT2D eigenvalue weighted by Crippen LogP contribution is 2.41. The van der Waals surface area contributed by atoms with Gasteiger partial charge in [0.05, 0.1) is 11.7 Å². The van der Waals surface area contributed by atoms with Crippen molar-refractivity contribution in [3.8, 4) is 17.3 Å². The molecule has 4 heterocycles. The zero-order valence-corrected chi connectivity index (χ0v) is 19.9. The van der Waals surface area contributed by atoms with Crippen molar-refractivity contribution in [3.63, 3.8) is 0 Å². The van der Waals surface area contributed by atoms with Crippen LogP contribution in [0.5, 0.6) is 5.75 Å². The first-order chi connectivity index (χ1) is 16.9. The Morgan fingerprint density at radius 2 is 1.89 bits per heavy atom. The number of hydrogen-bond donors (Lipinski definition) is 1. The topological polar surface area (TPSA) is 75.8 Å². The maximum absolute atomic E-state index is 14.2. The normalized spacial score (nSPS) is 20.0. The number of aromatic nitrogens is 4. The minimum absolute atomic E-state index is 0.000408. The molecule has 1 N–H and O–H groups in total. The van der Waals surface area contributed by atoms with Gasteiger partial charge in [-0.15, -0.1) is 10.2 Å². The van der Waals surface area contributed by atoms with E-state index in [4.69, 9.17) is 4.74 Å². The van der Waals surface area contributed by atoms with Crippen LogP contribution in [0.2, 0.25) is 0 Å². The van der Waals surface area contributed by atoms with Crippen molar-refractivity contribution >= 4 is 16.6 Å². The molecule has 190 valence electrons. The van der Waals surface area contributed by atoms with Crippen molar-refractivity contribution in [2.24, 2.45) is 0 Å². The van der Waals surface area contributed by atoms with E-state index in [0.717, 1.165) is 0 Å². The molecular formula is C25H25F4N5O2. The summed E-state index contributed by atoms with van der Waals surface area (Å²) < 4.78 is 63.9. The molecule has 2 unspecified atom stereocenters. The predicted octanol–water partition coefficient (Wildman–Crippen LogP) is 4.93. The number of hydrogen-bond acceptors (Lipinski definition) is 6. The van der Waals surface area contributed by atoms with Gasteiger partial charge in [0.1, 0.15) is 28.8 Å². The van der Waals surface area contributed by atoms with Crippen LogP contribution in [0, 0.1) is 5.82 Å². The number of likely N-dealkylation sites (tertiary alicyclic amines) is 1. The van der Waals surface area contributed by atoms with E-state index in [1.54, 1.807) is 12.1 Å². The van der Waals surface area contributed by atoms with E-state index >= 15 is 0 Å².